The highest BCUT2D eigenvalue weighted by molar-refractivity contribution is 5.88. The van der Waals surface area contributed by atoms with Crippen molar-refractivity contribution in [1.29, 1.82) is 0 Å². The molecule has 2 heterocycles. The molecule has 2 unspecified atom stereocenters. The first kappa shape index (κ1) is 19.5. The number of aromatic amines is 1. The van der Waals surface area contributed by atoms with Crippen molar-refractivity contribution in [2.45, 2.75) is 25.9 Å². The van der Waals surface area contributed by atoms with Crippen molar-refractivity contribution in [3.63, 3.8) is 0 Å². The number of nitrogens with zero attached hydrogens (tertiary/aromatic N) is 1. The van der Waals surface area contributed by atoms with Crippen molar-refractivity contribution in [2.75, 3.05) is 20.3 Å². The molecule has 1 aromatic heterocycles. The molecule has 1 aliphatic heterocycles. The standard InChI is InChI=1S/C23H25FN2O3/c1-14-9-21(29-2)19(18-7-8-25-22(14)18)13-26-12-15(11-24)10-20(26)16-3-5-17(6-4-16)23(27)28/h3-9,15,20,25H,10-13H2,1-2H3,(H,27,28). The van der Waals surface area contributed by atoms with E-state index in [0.29, 0.717) is 19.5 Å². The monoisotopic (exact) mass is 396 g/mol. The normalized spacial score (nSPS) is 19.7. The average molecular weight is 396 g/mol. The molecule has 1 saturated heterocycles. The molecule has 0 radical (unpaired) electrons. The predicted octanol–water partition coefficient (Wildman–Crippen LogP) is 4.72. The van der Waals surface area contributed by atoms with Crippen LogP contribution in [0.15, 0.2) is 42.6 Å². The Morgan fingerprint density at radius 3 is 2.72 bits per heavy atom. The summed E-state index contributed by atoms with van der Waals surface area (Å²) in [5, 5.41) is 10.3. The molecule has 0 amide bonds. The second kappa shape index (κ2) is 7.87. The zero-order valence-corrected chi connectivity index (χ0v) is 16.6. The second-order valence-corrected chi connectivity index (χ2v) is 7.77. The van der Waals surface area contributed by atoms with Crippen molar-refractivity contribution in [1.82, 2.24) is 9.88 Å². The SMILES string of the molecule is COc1cc(C)c2[nH]ccc2c1CN1CC(CF)CC1c1ccc(C(=O)O)cc1. The van der Waals surface area contributed by atoms with Crippen molar-refractivity contribution < 1.29 is 19.0 Å². The zero-order valence-electron chi connectivity index (χ0n) is 16.6. The largest absolute Gasteiger partial charge is 0.496 e. The summed E-state index contributed by atoms with van der Waals surface area (Å²) in [6, 6.07) is 11.1. The third kappa shape index (κ3) is 3.60. The smallest absolute Gasteiger partial charge is 0.335 e. The molecule has 2 N–H and O–H groups in total. The van der Waals surface area contributed by atoms with E-state index in [0.717, 1.165) is 33.3 Å². The van der Waals surface area contributed by atoms with E-state index in [1.165, 1.54) is 0 Å². The topological polar surface area (TPSA) is 65.6 Å². The van der Waals surface area contributed by atoms with Crippen LogP contribution in [0, 0.1) is 12.8 Å². The number of carboxylic acids is 1. The minimum atomic E-state index is -0.944. The first-order chi connectivity index (χ1) is 14.0. The number of carboxylic acid groups (broad SMARTS) is 1. The number of aryl methyl sites for hydroxylation is 1. The number of ether oxygens (including phenoxy) is 1. The number of alkyl halides is 1. The van der Waals surface area contributed by atoms with Gasteiger partial charge in [-0.05, 0) is 48.7 Å². The van der Waals surface area contributed by atoms with Gasteiger partial charge in [0.25, 0.3) is 0 Å². The molecule has 152 valence electrons. The molecule has 0 saturated carbocycles. The number of methoxy groups -OCH3 is 1. The van der Waals surface area contributed by atoms with E-state index in [2.05, 4.69) is 16.0 Å². The Morgan fingerprint density at radius 2 is 2.07 bits per heavy atom. The highest BCUT2D eigenvalue weighted by atomic mass is 19.1. The van der Waals surface area contributed by atoms with Crippen LogP contribution in [0.2, 0.25) is 0 Å². The maximum absolute atomic E-state index is 13.5. The highest BCUT2D eigenvalue weighted by Crippen LogP contribution is 2.40. The summed E-state index contributed by atoms with van der Waals surface area (Å²) in [5.74, 6) is -0.142. The van der Waals surface area contributed by atoms with Crippen LogP contribution < -0.4 is 4.74 Å². The maximum atomic E-state index is 13.5. The lowest BCUT2D eigenvalue weighted by Crippen LogP contribution is -2.24. The summed E-state index contributed by atoms with van der Waals surface area (Å²) >= 11 is 0. The lowest BCUT2D eigenvalue weighted by Gasteiger charge is -2.26. The van der Waals surface area contributed by atoms with Crippen molar-refractivity contribution in [3.05, 3.63) is 64.8 Å². The molecule has 0 bridgehead atoms. The van der Waals surface area contributed by atoms with Gasteiger partial charge in [-0.3, -0.25) is 9.29 Å². The molecule has 6 heteroatoms. The number of aromatic carboxylic acids is 1. The van der Waals surface area contributed by atoms with Gasteiger partial charge in [-0.1, -0.05) is 12.1 Å². The Balaban J connectivity index is 1.69. The summed E-state index contributed by atoms with van der Waals surface area (Å²) in [7, 11) is 1.67. The van der Waals surface area contributed by atoms with Crippen LogP contribution in [0.25, 0.3) is 10.9 Å². The molecule has 4 rings (SSSR count). The average Bonchev–Trinajstić information content (AvgIpc) is 3.37. The molecule has 0 aliphatic carbocycles. The Bertz CT molecular complexity index is 1030. The highest BCUT2D eigenvalue weighted by Gasteiger charge is 2.34. The van der Waals surface area contributed by atoms with Crippen LogP contribution in [0.1, 0.15) is 39.5 Å². The summed E-state index contributed by atoms with van der Waals surface area (Å²) in [5.41, 5.74) is 4.57. The van der Waals surface area contributed by atoms with Crippen molar-refractivity contribution in [2.24, 2.45) is 5.92 Å². The fourth-order valence-electron chi connectivity index (χ4n) is 4.46. The summed E-state index contributed by atoms with van der Waals surface area (Å²) in [4.78, 5) is 16.7. The van der Waals surface area contributed by atoms with Crippen LogP contribution in [0.5, 0.6) is 5.75 Å². The molecular formula is C23H25FN2O3. The number of hydrogen-bond acceptors (Lipinski definition) is 3. The van der Waals surface area contributed by atoms with E-state index in [1.54, 1.807) is 19.2 Å². The Kier molecular flexibility index (Phi) is 5.28. The number of likely N-dealkylation sites (tertiary alicyclic amines) is 1. The molecule has 2 atom stereocenters. The van der Waals surface area contributed by atoms with Gasteiger partial charge < -0.3 is 14.8 Å². The molecule has 0 spiro atoms. The van der Waals surface area contributed by atoms with Crippen LogP contribution in [0.4, 0.5) is 4.39 Å². The third-order valence-corrected chi connectivity index (χ3v) is 5.94. The molecule has 3 aromatic rings. The number of H-pyrrole nitrogens is 1. The number of halogens is 1. The van der Waals surface area contributed by atoms with Crippen LogP contribution in [-0.2, 0) is 6.54 Å². The van der Waals surface area contributed by atoms with E-state index < -0.39 is 5.97 Å². The molecule has 1 fully saturated rings. The number of carbonyl (C=O) groups is 1. The Labute approximate surface area is 169 Å². The molecule has 29 heavy (non-hydrogen) atoms. The van der Waals surface area contributed by atoms with Gasteiger partial charge in [-0.15, -0.1) is 0 Å². The van der Waals surface area contributed by atoms with Gasteiger partial charge in [0.1, 0.15) is 5.75 Å². The van der Waals surface area contributed by atoms with E-state index in [-0.39, 0.29) is 24.2 Å². The zero-order chi connectivity index (χ0) is 20.5. The number of rotatable bonds is 6. The summed E-state index contributed by atoms with van der Waals surface area (Å²) in [6.07, 6.45) is 2.64. The van der Waals surface area contributed by atoms with E-state index >= 15 is 0 Å². The number of aromatic nitrogens is 1. The lowest BCUT2D eigenvalue weighted by atomic mass is 9.99. The molecule has 1 aliphatic rings. The predicted molar refractivity (Wildman–Crippen MR) is 110 cm³/mol. The molecular weight excluding hydrogens is 371 g/mol. The van der Waals surface area contributed by atoms with Gasteiger partial charge in [-0.2, -0.15) is 0 Å². The minimum absolute atomic E-state index is 0.0303. The van der Waals surface area contributed by atoms with Crippen LogP contribution in [-0.4, -0.2) is 41.3 Å². The van der Waals surface area contributed by atoms with E-state index in [9.17, 15) is 9.18 Å². The number of benzene rings is 2. The van der Waals surface area contributed by atoms with E-state index in [4.69, 9.17) is 9.84 Å². The lowest BCUT2D eigenvalue weighted by molar-refractivity contribution is 0.0697. The van der Waals surface area contributed by atoms with Gasteiger partial charge in [0.2, 0.25) is 0 Å². The third-order valence-electron chi connectivity index (χ3n) is 5.94. The fraction of sp³-hybridized carbons (Fsp3) is 0.348. The number of nitrogens with one attached hydrogen (secondary N) is 1. The van der Waals surface area contributed by atoms with Gasteiger partial charge in [0, 0.05) is 47.7 Å². The summed E-state index contributed by atoms with van der Waals surface area (Å²) < 4.78 is 19.2. The van der Waals surface area contributed by atoms with Crippen LogP contribution in [0.3, 0.4) is 0 Å². The maximum Gasteiger partial charge on any atom is 0.335 e. The van der Waals surface area contributed by atoms with Crippen LogP contribution >= 0.6 is 0 Å². The first-order valence-corrected chi connectivity index (χ1v) is 9.78. The Morgan fingerprint density at radius 1 is 1.31 bits per heavy atom. The molecule has 2 aromatic carbocycles. The van der Waals surface area contributed by atoms with Gasteiger partial charge in [0.05, 0.1) is 19.3 Å². The fourth-order valence-corrected chi connectivity index (χ4v) is 4.46. The number of fused-ring (bicyclic) bond motifs is 1. The second-order valence-electron chi connectivity index (χ2n) is 7.77. The first-order valence-electron chi connectivity index (χ1n) is 9.78. The Hall–Kier alpha value is -2.86. The van der Waals surface area contributed by atoms with E-state index in [1.807, 2.05) is 31.3 Å². The van der Waals surface area contributed by atoms with Gasteiger partial charge in [0.15, 0.2) is 0 Å². The van der Waals surface area contributed by atoms with Gasteiger partial charge in [-0.25, -0.2) is 4.79 Å². The minimum Gasteiger partial charge on any atom is -0.496 e. The molecule has 5 nitrogen and oxygen atoms in total. The van der Waals surface area contributed by atoms with Crippen molar-refractivity contribution >= 4 is 16.9 Å². The number of hydrogen-bond donors (Lipinski definition) is 2. The quantitative estimate of drug-likeness (QED) is 0.633. The summed E-state index contributed by atoms with van der Waals surface area (Å²) in [6.45, 7) is 2.99. The van der Waals surface area contributed by atoms with Crippen molar-refractivity contribution in [3.8, 4) is 5.75 Å². The van der Waals surface area contributed by atoms with Gasteiger partial charge >= 0.3 is 5.97 Å².